The van der Waals surface area contributed by atoms with Gasteiger partial charge in [0.25, 0.3) is 6.43 Å². The molecule has 0 radical (unpaired) electrons. The lowest BCUT2D eigenvalue weighted by atomic mass is 10.0. The molecular weight excluding hydrogens is 367 g/mol. The Hall–Kier alpha value is -2.87. The van der Waals surface area contributed by atoms with Gasteiger partial charge in [0.2, 0.25) is 0 Å². The number of rotatable bonds is 6. The van der Waals surface area contributed by atoms with Gasteiger partial charge in [-0.05, 0) is 25.1 Å². The van der Waals surface area contributed by atoms with Gasteiger partial charge in [-0.1, -0.05) is 18.2 Å². The first-order chi connectivity index (χ1) is 13.5. The van der Waals surface area contributed by atoms with E-state index in [4.69, 9.17) is 0 Å². The summed E-state index contributed by atoms with van der Waals surface area (Å²) < 4.78 is 40.5. The predicted octanol–water partition coefficient (Wildman–Crippen LogP) is 4.26. The number of nitrogens with zero attached hydrogens (tertiary/aromatic N) is 2. The molecule has 5 nitrogen and oxygen atoms in total. The number of benzene rings is 2. The average Bonchev–Trinajstić information content (AvgIpc) is 2.65. The maximum absolute atomic E-state index is 14.5. The molecule has 4 rings (SSSR count). The van der Waals surface area contributed by atoms with Crippen LogP contribution >= 0.6 is 0 Å². The number of halogens is 3. The zero-order valence-electron chi connectivity index (χ0n) is 15.2. The van der Waals surface area contributed by atoms with Crippen molar-refractivity contribution in [2.45, 2.75) is 25.4 Å². The van der Waals surface area contributed by atoms with Crippen LogP contribution in [0.15, 0.2) is 42.6 Å². The number of hydrogen-bond acceptors (Lipinski definition) is 5. The minimum Gasteiger partial charge on any atom is -0.380 e. The SMILES string of the molecule is C[C@@H](Nc1cnnc2ccc(NC3CNC3)cc12)c1cccc(C(F)F)c1F. The molecule has 1 aromatic heterocycles. The molecule has 1 aliphatic heterocycles. The fourth-order valence-electron chi connectivity index (χ4n) is 3.27. The predicted molar refractivity (Wildman–Crippen MR) is 103 cm³/mol. The van der Waals surface area contributed by atoms with Gasteiger partial charge in [0, 0.05) is 29.7 Å². The summed E-state index contributed by atoms with van der Waals surface area (Å²) in [6.07, 6.45) is -1.30. The smallest absolute Gasteiger partial charge is 0.266 e. The normalized spacial score (nSPS) is 15.5. The van der Waals surface area contributed by atoms with Crippen LogP contribution in [0.25, 0.3) is 10.9 Å². The van der Waals surface area contributed by atoms with Crippen molar-refractivity contribution in [3.05, 3.63) is 59.5 Å². The van der Waals surface area contributed by atoms with E-state index in [9.17, 15) is 13.2 Å². The molecule has 2 aromatic carbocycles. The largest absolute Gasteiger partial charge is 0.380 e. The highest BCUT2D eigenvalue weighted by Crippen LogP contribution is 2.31. The lowest BCUT2D eigenvalue weighted by molar-refractivity contribution is 0.146. The quantitative estimate of drug-likeness (QED) is 0.590. The molecule has 0 bridgehead atoms. The van der Waals surface area contributed by atoms with Crippen molar-refractivity contribution in [3.63, 3.8) is 0 Å². The van der Waals surface area contributed by atoms with E-state index in [1.165, 1.54) is 12.1 Å². The number of fused-ring (bicyclic) bond motifs is 1. The molecule has 0 aliphatic carbocycles. The van der Waals surface area contributed by atoms with Crippen LogP contribution in [0.3, 0.4) is 0 Å². The Morgan fingerprint density at radius 1 is 1.14 bits per heavy atom. The zero-order valence-corrected chi connectivity index (χ0v) is 15.2. The summed E-state index contributed by atoms with van der Waals surface area (Å²) in [5, 5.41) is 18.8. The summed E-state index contributed by atoms with van der Waals surface area (Å²) in [4.78, 5) is 0. The Morgan fingerprint density at radius 2 is 1.93 bits per heavy atom. The van der Waals surface area contributed by atoms with Crippen LogP contribution in [-0.2, 0) is 0 Å². The van der Waals surface area contributed by atoms with E-state index < -0.39 is 23.8 Å². The second-order valence-electron chi connectivity index (χ2n) is 6.91. The Morgan fingerprint density at radius 3 is 2.64 bits per heavy atom. The van der Waals surface area contributed by atoms with Gasteiger partial charge in [0.1, 0.15) is 5.82 Å². The Labute approximate surface area is 160 Å². The van der Waals surface area contributed by atoms with Gasteiger partial charge < -0.3 is 16.0 Å². The van der Waals surface area contributed by atoms with Crippen LogP contribution in [0.5, 0.6) is 0 Å². The molecule has 28 heavy (non-hydrogen) atoms. The van der Waals surface area contributed by atoms with Crippen molar-refractivity contribution in [2.75, 3.05) is 23.7 Å². The summed E-state index contributed by atoms with van der Waals surface area (Å²) in [7, 11) is 0. The number of nitrogens with one attached hydrogen (secondary N) is 3. The molecule has 0 spiro atoms. The Bertz CT molecular complexity index is 991. The van der Waals surface area contributed by atoms with E-state index in [2.05, 4.69) is 26.1 Å². The molecule has 1 saturated heterocycles. The second kappa shape index (κ2) is 7.63. The zero-order chi connectivity index (χ0) is 19.7. The summed E-state index contributed by atoms with van der Waals surface area (Å²) in [6.45, 7) is 3.55. The van der Waals surface area contributed by atoms with E-state index >= 15 is 0 Å². The maximum Gasteiger partial charge on any atom is 0.266 e. The third-order valence-electron chi connectivity index (χ3n) is 4.92. The van der Waals surface area contributed by atoms with E-state index in [-0.39, 0.29) is 5.56 Å². The van der Waals surface area contributed by atoms with E-state index in [1.807, 2.05) is 18.2 Å². The molecule has 0 unspecified atom stereocenters. The molecule has 1 atom stereocenters. The van der Waals surface area contributed by atoms with Gasteiger partial charge in [-0.3, -0.25) is 0 Å². The first-order valence-corrected chi connectivity index (χ1v) is 9.08. The van der Waals surface area contributed by atoms with Gasteiger partial charge in [0.05, 0.1) is 35.0 Å². The molecule has 0 amide bonds. The van der Waals surface area contributed by atoms with Crippen molar-refractivity contribution in [1.29, 1.82) is 0 Å². The van der Waals surface area contributed by atoms with Crippen LogP contribution in [-0.4, -0.2) is 29.3 Å². The van der Waals surface area contributed by atoms with E-state index in [0.717, 1.165) is 30.2 Å². The fourth-order valence-corrected chi connectivity index (χ4v) is 3.27. The van der Waals surface area contributed by atoms with Crippen molar-refractivity contribution < 1.29 is 13.2 Å². The van der Waals surface area contributed by atoms with Crippen LogP contribution in [0, 0.1) is 5.82 Å². The highest BCUT2D eigenvalue weighted by Gasteiger charge is 2.20. The first-order valence-electron chi connectivity index (χ1n) is 9.08. The van der Waals surface area contributed by atoms with Gasteiger partial charge >= 0.3 is 0 Å². The lowest BCUT2D eigenvalue weighted by Gasteiger charge is -2.29. The molecule has 3 N–H and O–H groups in total. The number of alkyl halides is 2. The highest BCUT2D eigenvalue weighted by atomic mass is 19.3. The van der Waals surface area contributed by atoms with Gasteiger partial charge in [-0.25, -0.2) is 13.2 Å². The van der Waals surface area contributed by atoms with Gasteiger partial charge in [0.15, 0.2) is 0 Å². The van der Waals surface area contributed by atoms with Crippen LogP contribution in [0.1, 0.15) is 30.5 Å². The number of aromatic nitrogens is 2. The average molecular weight is 387 g/mol. The number of hydrogen-bond donors (Lipinski definition) is 3. The maximum atomic E-state index is 14.5. The van der Waals surface area contributed by atoms with Crippen molar-refractivity contribution in [3.8, 4) is 0 Å². The monoisotopic (exact) mass is 387 g/mol. The molecule has 1 fully saturated rings. The molecule has 0 saturated carbocycles. The second-order valence-corrected chi connectivity index (χ2v) is 6.91. The van der Waals surface area contributed by atoms with Gasteiger partial charge in [-0.15, -0.1) is 0 Å². The first kappa shape index (κ1) is 18.5. The molecule has 8 heteroatoms. The van der Waals surface area contributed by atoms with Crippen LogP contribution in [0.4, 0.5) is 24.5 Å². The van der Waals surface area contributed by atoms with Crippen molar-refractivity contribution >= 4 is 22.3 Å². The fraction of sp³-hybridized carbons (Fsp3) is 0.300. The van der Waals surface area contributed by atoms with E-state index in [1.54, 1.807) is 13.1 Å². The minimum atomic E-state index is -2.86. The molecule has 1 aliphatic rings. The third kappa shape index (κ3) is 3.60. The number of anilines is 2. The summed E-state index contributed by atoms with van der Waals surface area (Å²) in [5.74, 6) is -0.886. The van der Waals surface area contributed by atoms with Crippen molar-refractivity contribution in [1.82, 2.24) is 15.5 Å². The van der Waals surface area contributed by atoms with Crippen LogP contribution in [0.2, 0.25) is 0 Å². The Kier molecular flexibility index (Phi) is 5.04. The lowest BCUT2D eigenvalue weighted by Crippen LogP contribution is -2.51. The van der Waals surface area contributed by atoms with Crippen LogP contribution < -0.4 is 16.0 Å². The molecule has 2 heterocycles. The molecular formula is C20H20F3N5. The van der Waals surface area contributed by atoms with Gasteiger partial charge in [-0.2, -0.15) is 10.2 Å². The molecule has 146 valence electrons. The van der Waals surface area contributed by atoms with E-state index in [0.29, 0.717) is 17.2 Å². The minimum absolute atomic E-state index is 0.178. The summed E-state index contributed by atoms with van der Waals surface area (Å²) in [5.41, 5.74) is 1.89. The highest BCUT2D eigenvalue weighted by molar-refractivity contribution is 5.92. The topological polar surface area (TPSA) is 61.9 Å². The standard InChI is InChI=1S/C20H20F3N5/c1-11(14-3-2-4-15(19(14)21)20(22)23)26-18-10-25-28-17-6-5-12(7-16(17)18)27-13-8-24-9-13/h2-7,10-11,13,20,24,27H,8-9H2,1H3,(H,26,28)/t11-/m1/s1. The Balaban J connectivity index is 1.63. The van der Waals surface area contributed by atoms with Crippen molar-refractivity contribution in [2.24, 2.45) is 0 Å². The molecule has 3 aromatic rings. The third-order valence-corrected chi connectivity index (χ3v) is 4.92. The summed E-state index contributed by atoms with van der Waals surface area (Å²) >= 11 is 0. The summed E-state index contributed by atoms with van der Waals surface area (Å²) in [6, 6.07) is 9.67.